The van der Waals surface area contributed by atoms with Gasteiger partial charge in [-0.05, 0) is 18.4 Å². The molecule has 1 N–H and O–H groups in total. The Labute approximate surface area is 124 Å². The summed E-state index contributed by atoms with van der Waals surface area (Å²) in [7, 11) is 1.86. The molecule has 4 heteroatoms. The van der Waals surface area contributed by atoms with Crippen molar-refractivity contribution in [2.24, 2.45) is 0 Å². The number of anilines is 3. The number of fused-ring (bicyclic) bond motifs is 1. The Morgan fingerprint density at radius 1 is 1.05 bits per heavy atom. The molecule has 0 aliphatic carbocycles. The zero-order valence-corrected chi connectivity index (χ0v) is 12.2. The molecule has 0 atom stereocenters. The highest BCUT2D eigenvalue weighted by molar-refractivity contribution is 5.95. The van der Waals surface area contributed by atoms with Crippen molar-refractivity contribution in [3.63, 3.8) is 0 Å². The molecule has 3 rings (SSSR count). The van der Waals surface area contributed by atoms with E-state index in [1.165, 1.54) is 10.8 Å². The zero-order chi connectivity index (χ0) is 14.7. The molecule has 3 aromatic rings. The van der Waals surface area contributed by atoms with Crippen LogP contribution in [0.25, 0.3) is 10.8 Å². The first kappa shape index (κ1) is 13.4. The molecule has 21 heavy (non-hydrogen) atoms. The third kappa shape index (κ3) is 2.52. The molecular formula is C17H18N4. The van der Waals surface area contributed by atoms with Crippen molar-refractivity contribution in [1.82, 2.24) is 9.97 Å². The Morgan fingerprint density at radius 2 is 1.86 bits per heavy atom. The van der Waals surface area contributed by atoms with Gasteiger partial charge in [-0.3, -0.25) is 0 Å². The SMILES string of the molecule is CCN(c1cc(NC)ncn1)c1cccc2ccccc12. The Kier molecular flexibility index (Phi) is 3.69. The van der Waals surface area contributed by atoms with Crippen LogP contribution in [0.4, 0.5) is 17.3 Å². The summed E-state index contributed by atoms with van der Waals surface area (Å²) in [6.45, 7) is 2.97. The smallest absolute Gasteiger partial charge is 0.138 e. The maximum absolute atomic E-state index is 4.42. The number of hydrogen-bond donors (Lipinski definition) is 1. The minimum absolute atomic E-state index is 0.818. The maximum Gasteiger partial charge on any atom is 0.138 e. The van der Waals surface area contributed by atoms with Gasteiger partial charge in [0.25, 0.3) is 0 Å². The van der Waals surface area contributed by atoms with Crippen LogP contribution in [0.15, 0.2) is 54.9 Å². The number of nitrogens with one attached hydrogen (secondary N) is 1. The van der Waals surface area contributed by atoms with Crippen LogP contribution < -0.4 is 10.2 Å². The molecule has 4 nitrogen and oxygen atoms in total. The van der Waals surface area contributed by atoms with Gasteiger partial charge in [-0.2, -0.15) is 0 Å². The minimum atomic E-state index is 0.818. The second kappa shape index (κ2) is 5.79. The lowest BCUT2D eigenvalue weighted by atomic mass is 10.1. The van der Waals surface area contributed by atoms with Gasteiger partial charge in [0.05, 0.1) is 5.69 Å². The van der Waals surface area contributed by atoms with Crippen molar-refractivity contribution in [2.45, 2.75) is 6.92 Å². The molecule has 0 saturated carbocycles. The first-order valence-electron chi connectivity index (χ1n) is 7.08. The lowest BCUT2D eigenvalue weighted by molar-refractivity contribution is 0.981. The maximum atomic E-state index is 4.42. The number of aromatic nitrogens is 2. The molecule has 0 aliphatic rings. The van der Waals surface area contributed by atoms with E-state index in [0.717, 1.165) is 23.9 Å². The van der Waals surface area contributed by atoms with Gasteiger partial charge in [0.1, 0.15) is 18.0 Å². The van der Waals surface area contributed by atoms with Gasteiger partial charge >= 0.3 is 0 Å². The van der Waals surface area contributed by atoms with E-state index in [9.17, 15) is 0 Å². The van der Waals surface area contributed by atoms with Crippen molar-refractivity contribution in [1.29, 1.82) is 0 Å². The zero-order valence-electron chi connectivity index (χ0n) is 12.2. The lowest BCUT2D eigenvalue weighted by Crippen LogP contribution is -2.18. The molecule has 0 unspecified atom stereocenters. The number of rotatable bonds is 4. The Balaban J connectivity index is 2.13. The van der Waals surface area contributed by atoms with Gasteiger partial charge in [0.2, 0.25) is 0 Å². The van der Waals surface area contributed by atoms with E-state index in [1.807, 2.05) is 13.1 Å². The number of benzene rings is 2. The first-order valence-corrected chi connectivity index (χ1v) is 7.08. The van der Waals surface area contributed by atoms with E-state index in [0.29, 0.717) is 0 Å². The quantitative estimate of drug-likeness (QED) is 0.787. The van der Waals surface area contributed by atoms with E-state index in [4.69, 9.17) is 0 Å². The van der Waals surface area contributed by atoms with Crippen LogP contribution in [0, 0.1) is 0 Å². The van der Waals surface area contributed by atoms with E-state index in [2.05, 4.69) is 69.6 Å². The molecule has 0 radical (unpaired) electrons. The fourth-order valence-electron chi connectivity index (χ4n) is 2.53. The van der Waals surface area contributed by atoms with Crippen molar-refractivity contribution >= 4 is 28.1 Å². The van der Waals surface area contributed by atoms with Gasteiger partial charge in [-0.15, -0.1) is 0 Å². The van der Waals surface area contributed by atoms with Crippen molar-refractivity contribution in [3.8, 4) is 0 Å². The molecule has 106 valence electrons. The van der Waals surface area contributed by atoms with E-state index >= 15 is 0 Å². The Morgan fingerprint density at radius 3 is 2.67 bits per heavy atom. The van der Waals surface area contributed by atoms with Gasteiger partial charge in [0.15, 0.2) is 0 Å². The van der Waals surface area contributed by atoms with Crippen LogP contribution in [-0.2, 0) is 0 Å². The van der Waals surface area contributed by atoms with Crippen LogP contribution in [0.1, 0.15) is 6.92 Å². The molecule has 0 bridgehead atoms. The summed E-state index contributed by atoms with van der Waals surface area (Å²) in [6.07, 6.45) is 1.59. The highest BCUT2D eigenvalue weighted by atomic mass is 15.2. The topological polar surface area (TPSA) is 41.0 Å². The predicted octanol–water partition coefficient (Wildman–Crippen LogP) is 3.83. The summed E-state index contributed by atoms with van der Waals surface area (Å²) >= 11 is 0. The number of hydrogen-bond acceptors (Lipinski definition) is 4. The highest BCUT2D eigenvalue weighted by Crippen LogP contribution is 2.31. The average Bonchev–Trinajstić information content (AvgIpc) is 2.56. The fraction of sp³-hybridized carbons (Fsp3) is 0.176. The second-order valence-electron chi connectivity index (χ2n) is 4.75. The molecular weight excluding hydrogens is 260 g/mol. The van der Waals surface area contributed by atoms with Gasteiger partial charge in [-0.25, -0.2) is 9.97 Å². The second-order valence-corrected chi connectivity index (χ2v) is 4.75. The van der Waals surface area contributed by atoms with Crippen LogP contribution >= 0.6 is 0 Å². The van der Waals surface area contributed by atoms with Crippen molar-refractivity contribution < 1.29 is 0 Å². The predicted molar refractivity (Wildman–Crippen MR) is 88.2 cm³/mol. The molecule has 0 fully saturated rings. The minimum Gasteiger partial charge on any atom is -0.373 e. The van der Waals surface area contributed by atoms with Crippen LogP contribution in [0.3, 0.4) is 0 Å². The summed E-state index contributed by atoms with van der Waals surface area (Å²) in [5.74, 6) is 1.71. The van der Waals surface area contributed by atoms with Gasteiger partial charge in [0, 0.05) is 25.0 Å². The normalized spacial score (nSPS) is 10.6. The monoisotopic (exact) mass is 278 g/mol. The van der Waals surface area contributed by atoms with Crippen LogP contribution in [0.2, 0.25) is 0 Å². The summed E-state index contributed by atoms with van der Waals surface area (Å²) in [4.78, 5) is 10.8. The summed E-state index contributed by atoms with van der Waals surface area (Å²) in [6, 6.07) is 16.7. The lowest BCUT2D eigenvalue weighted by Gasteiger charge is -2.24. The largest absolute Gasteiger partial charge is 0.373 e. The van der Waals surface area contributed by atoms with E-state index in [-0.39, 0.29) is 0 Å². The van der Waals surface area contributed by atoms with Gasteiger partial charge in [-0.1, -0.05) is 36.4 Å². The van der Waals surface area contributed by atoms with E-state index < -0.39 is 0 Å². The van der Waals surface area contributed by atoms with Crippen molar-refractivity contribution in [2.75, 3.05) is 23.8 Å². The molecule has 0 amide bonds. The first-order chi connectivity index (χ1) is 10.3. The van der Waals surface area contributed by atoms with Crippen molar-refractivity contribution in [3.05, 3.63) is 54.9 Å². The molecule has 1 aromatic heterocycles. The molecule has 0 spiro atoms. The van der Waals surface area contributed by atoms with Crippen LogP contribution in [0.5, 0.6) is 0 Å². The number of nitrogens with zero attached hydrogens (tertiary/aromatic N) is 3. The molecule has 0 aliphatic heterocycles. The van der Waals surface area contributed by atoms with Gasteiger partial charge < -0.3 is 10.2 Å². The third-order valence-electron chi connectivity index (χ3n) is 3.56. The fourth-order valence-corrected chi connectivity index (χ4v) is 2.53. The summed E-state index contributed by atoms with van der Waals surface area (Å²) in [5, 5.41) is 5.52. The molecule has 0 saturated heterocycles. The average molecular weight is 278 g/mol. The van der Waals surface area contributed by atoms with E-state index in [1.54, 1.807) is 6.33 Å². The third-order valence-corrected chi connectivity index (χ3v) is 3.56. The van der Waals surface area contributed by atoms with Crippen LogP contribution in [-0.4, -0.2) is 23.6 Å². The summed E-state index contributed by atoms with van der Waals surface area (Å²) < 4.78 is 0. The molecule has 2 aromatic carbocycles. The standard InChI is InChI=1S/C17H18N4/c1-3-21(17-11-16(18-2)19-12-20-17)15-10-6-8-13-7-4-5-9-14(13)15/h4-12H,3H2,1-2H3,(H,18,19,20). The highest BCUT2D eigenvalue weighted by Gasteiger charge is 2.12. The summed E-state index contributed by atoms with van der Waals surface area (Å²) in [5.41, 5.74) is 1.16. The Bertz CT molecular complexity index is 749. The Hall–Kier alpha value is -2.62. The molecule has 1 heterocycles.